The van der Waals surface area contributed by atoms with Crippen LogP contribution in [-0.2, 0) is 0 Å². The minimum atomic E-state index is -0.408. The van der Waals surface area contributed by atoms with Gasteiger partial charge in [-0.2, -0.15) is 0 Å². The number of nitrogens with zero attached hydrogens (tertiary/aromatic N) is 1. The quantitative estimate of drug-likeness (QED) is 0.453. The molecule has 1 aromatic rings. The molecule has 2 N–H and O–H groups in total. The number of aryl methyl sites for hydroxylation is 1. The summed E-state index contributed by atoms with van der Waals surface area (Å²) in [7, 11) is 0. The van der Waals surface area contributed by atoms with Gasteiger partial charge < -0.3 is 5.73 Å². The molecule has 14 heavy (non-hydrogen) atoms. The van der Waals surface area contributed by atoms with E-state index in [4.69, 9.17) is 5.73 Å². The van der Waals surface area contributed by atoms with Gasteiger partial charge in [0.1, 0.15) is 0 Å². The Labute approximate surface area is 82.2 Å². The Kier molecular flexibility index (Phi) is 2.99. The van der Waals surface area contributed by atoms with Crippen LogP contribution in [0.2, 0.25) is 0 Å². The second kappa shape index (κ2) is 4.02. The summed E-state index contributed by atoms with van der Waals surface area (Å²) >= 11 is 0. The van der Waals surface area contributed by atoms with Crippen molar-refractivity contribution < 1.29 is 4.92 Å². The lowest BCUT2D eigenvalue weighted by atomic mass is 10.0. The zero-order chi connectivity index (χ0) is 10.7. The van der Waals surface area contributed by atoms with Crippen LogP contribution in [-0.4, -0.2) is 4.92 Å². The molecule has 0 saturated heterocycles. The molecular weight excluding hydrogens is 180 g/mol. The van der Waals surface area contributed by atoms with Crippen LogP contribution in [0.15, 0.2) is 30.9 Å². The van der Waals surface area contributed by atoms with E-state index in [1.54, 1.807) is 25.1 Å². The molecule has 4 heteroatoms. The second-order valence-electron chi connectivity index (χ2n) is 3.06. The molecular formula is C10H12N2O2. The van der Waals surface area contributed by atoms with Crippen molar-refractivity contribution in [2.45, 2.75) is 13.0 Å². The Morgan fingerprint density at radius 2 is 2.29 bits per heavy atom. The number of hydrogen-bond acceptors (Lipinski definition) is 3. The number of benzene rings is 1. The molecule has 0 spiro atoms. The van der Waals surface area contributed by atoms with E-state index in [1.807, 2.05) is 0 Å². The molecule has 4 nitrogen and oxygen atoms in total. The van der Waals surface area contributed by atoms with E-state index in [2.05, 4.69) is 6.58 Å². The Balaban J connectivity index is 3.19. The number of nitro groups is 1. The van der Waals surface area contributed by atoms with Gasteiger partial charge in [-0.25, -0.2) is 0 Å². The standard InChI is InChI=1S/C10H12N2O2/c1-3-9(11)8-5-4-7(2)10(6-8)12(13)14/h3-6,9H,1,11H2,2H3/t9-/m1/s1. The largest absolute Gasteiger partial charge is 0.321 e. The molecule has 0 aliphatic carbocycles. The molecule has 0 unspecified atom stereocenters. The van der Waals surface area contributed by atoms with Gasteiger partial charge in [-0.15, -0.1) is 6.58 Å². The maximum atomic E-state index is 10.6. The Hall–Kier alpha value is -1.68. The van der Waals surface area contributed by atoms with Gasteiger partial charge in [0.2, 0.25) is 0 Å². The smallest absolute Gasteiger partial charge is 0.272 e. The van der Waals surface area contributed by atoms with Crippen LogP contribution in [0.3, 0.4) is 0 Å². The predicted octanol–water partition coefficient (Wildman–Crippen LogP) is 2.09. The SMILES string of the molecule is C=C[C@@H](N)c1ccc(C)c([N+](=O)[O-])c1. The van der Waals surface area contributed by atoms with Crippen LogP contribution in [0.5, 0.6) is 0 Å². The zero-order valence-electron chi connectivity index (χ0n) is 7.93. The van der Waals surface area contributed by atoms with Crippen LogP contribution >= 0.6 is 0 Å². The van der Waals surface area contributed by atoms with Crippen molar-refractivity contribution in [3.05, 3.63) is 52.1 Å². The van der Waals surface area contributed by atoms with E-state index >= 15 is 0 Å². The van der Waals surface area contributed by atoms with Crippen molar-refractivity contribution in [1.29, 1.82) is 0 Å². The number of rotatable bonds is 3. The van der Waals surface area contributed by atoms with Gasteiger partial charge in [-0.1, -0.05) is 18.2 Å². The van der Waals surface area contributed by atoms with E-state index in [0.29, 0.717) is 11.1 Å². The van der Waals surface area contributed by atoms with Crippen molar-refractivity contribution in [2.24, 2.45) is 5.73 Å². The maximum absolute atomic E-state index is 10.6. The third-order valence-electron chi connectivity index (χ3n) is 2.07. The van der Waals surface area contributed by atoms with E-state index in [1.165, 1.54) is 6.07 Å². The van der Waals surface area contributed by atoms with Crippen molar-refractivity contribution in [2.75, 3.05) is 0 Å². The first kappa shape index (κ1) is 10.4. The lowest BCUT2D eigenvalue weighted by molar-refractivity contribution is -0.385. The molecule has 74 valence electrons. The van der Waals surface area contributed by atoms with Crippen LogP contribution in [0.4, 0.5) is 5.69 Å². The molecule has 0 fully saturated rings. The summed E-state index contributed by atoms with van der Waals surface area (Å²) in [6.07, 6.45) is 1.55. The average Bonchev–Trinajstić information content (AvgIpc) is 2.17. The minimum Gasteiger partial charge on any atom is -0.321 e. The fourth-order valence-electron chi connectivity index (χ4n) is 1.17. The summed E-state index contributed by atoms with van der Waals surface area (Å²) in [5.41, 5.74) is 7.11. The van der Waals surface area contributed by atoms with Crippen molar-refractivity contribution in [3.63, 3.8) is 0 Å². The maximum Gasteiger partial charge on any atom is 0.272 e. The lowest BCUT2D eigenvalue weighted by Crippen LogP contribution is -2.07. The topological polar surface area (TPSA) is 69.2 Å². The van der Waals surface area contributed by atoms with E-state index in [0.717, 1.165) is 0 Å². The highest BCUT2D eigenvalue weighted by atomic mass is 16.6. The summed E-state index contributed by atoms with van der Waals surface area (Å²) in [4.78, 5) is 10.2. The van der Waals surface area contributed by atoms with Gasteiger partial charge in [-0.05, 0) is 12.5 Å². The molecule has 1 aromatic carbocycles. The van der Waals surface area contributed by atoms with Crippen LogP contribution in [0.1, 0.15) is 17.2 Å². The number of nitrogens with two attached hydrogens (primary N) is 1. The fraction of sp³-hybridized carbons (Fsp3) is 0.200. The normalized spacial score (nSPS) is 12.1. The van der Waals surface area contributed by atoms with Gasteiger partial charge in [0.05, 0.1) is 4.92 Å². The van der Waals surface area contributed by atoms with Crippen molar-refractivity contribution in [3.8, 4) is 0 Å². The third-order valence-corrected chi connectivity index (χ3v) is 2.07. The molecule has 1 atom stereocenters. The molecule has 1 rings (SSSR count). The van der Waals surface area contributed by atoms with Crippen LogP contribution in [0, 0.1) is 17.0 Å². The lowest BCUT2D eigenvalue weighted by Gasteiger charge is -2.06. The van der Waals surface area contributed by atoms with Crippen molar-refractivity contribution in [1.82, 2.24) is 0 Å². The molecule has 0 aromatic heterocycles. The second-order valence-corrected chi connectivity index (χ2v) is 3.06. The predicted molar refractivity (Wildman–Crippen MR) is 55.0 cm³/mol. The van der Waals surface area contributed by atoms with Crippen LogP contribution < -0.4 is 5.73 Å². The Morgan fingerprint density at radius 1 is 1.64 bits per heavy atom. The van der Waals surface area contributed by atoms with Gasteiger partial charge in [-0.3, -0.25) is 10.1 Å². The first-order chi connectivity index (χ1) is 6.56. The van der Waals surface area contributed by atoms with E-state index < -0.39 is 4.92 Å². The molecule has 0 aliphatic heterocycles. The first-order valence-electron chi connectivity index (χ1n) is 4.19. The summed E-state index contributed by atoms with van der Waals surface area (Å²) in [6, 6.07) is 4.60. The zero-order valence-corrected chi connectivity index (χ0v) is 7.93. The fourth-order valence-corrected chi connectivity index (χ4v) is 1.17. The van der Waals surface area contributed by atoms with Gasteiger partial charge >= 0.3 is 0 Å². The van der Waals surface area contributed by atoms with E-state index in [9.17, 15) is 10.1 Å². The number of nitro benzene ring substituents is 1. The Morgan fingerprint density at radius 3 is 2.79 bits per heavy atom. The highest BCUT2D eigenvalue weighted by Gasteiger charge is 2.12. The molecule has 0 amide bonds. The highest BCUT2D eigenvalue weighted by Crippen LogP contribution is 2.22. The van der Waals surface area contributed by atoms with Gasteiger partial charge in [0.25, 0.3) is 5.69 Å². The third kappa shape index (κ3) is 1.97. The van der Waals surface area contributed by atoms with Crippen molar-refractivity contribution >= 4 is 5.69 Å². The molecule has 0 saturated carbocycles. The number of hydrogen-bond donors (Lipinski definition) is 1. The molecule has 0 aliphatic rings. The highest BCUT2D eigenvalue weighted by molar-refractivity contribution is 5.43. The molecule has 0 heterocycles. The summed E-state index contributed by atoms with van der Waals surface area (Å²) in [5, 5.41) is 10.6. The summed E-state index contributed by atoms with van der Waals surface area (Å²) in [6.45, 7) is 5.23. The molecule has 0 radical (unpaired) electrons. The molecule has 0 bridgehead atoms. The Bertz CT molecular complexity index is 374. The van der Waals surface area contributed by atoms with E-state index in [-0.39, 0.29) is 11.7 Å². The average molecular weight is 192 g/mol. The summed E-state index contributed by atoms with van der Waals surface area (Å²) in [5.74, 6) is 0. The van der Waals surface area contributed by atoms with Crippen LogP contribution in [0.25, 0.3) is 0 Å². The van der Waals surface area contributed by atoms with Gasteiger partial charge in [0.15, 0.2) is 0 Å². The summed E-state index contributed by atoms with van der Waals surface area (Å²) < 4.78 is 0. The first-order valence-corrected chi connectivity index (χ1v) is 4.19. The monoisotopic (exact) mass is 192 g/mol. The minimum absolute atomic E-state index is 0.0970. The van der Waals surface area contributed by atoms with Gasteiger partial charge in [0, 0.05) is 17.7 Å².